The van der Waals surface area contributed by atoms with Gasteiger partial charge in [0.1, 0.15) is 5.82 Å². The number of anilines is 2. The molecule has 0 unspecified atom stereocenters. The fourth-order valence-electron chi connectivity index (χ4n) is 1.93. The Balaban J connectivity index is 1.79. The summed E-state index contributed by atoms with van der Waals surface area (Å²) in [6, 6.07) is 9.37. The van der Waals surface area contributed by atoms with Crippen molar-refractivity contribution in [2.45, 2.75) is 9.79 Å². The van der Waals surface area contributed by atoms with Gasteiger partial charge in [0, 0.05) is 5.69 Å². The molecule has 0 saturated heterocycles. The van der Waals surface area contributed by atoms with Crippen molar-refractivity contribution in [3.8, 4) is 0 Å². The van der Waals surface area contributed by atoms with Gasteiger partial charge in [-0.05, 0) is 47.7 Å². The van der Waals surface area contributed by atoms with Crippen molar-refractivity contribution in [1.82, 2.24) is 20.6 Å². The second-order valence-electron chi connectivity index (χ2n) is 4.93. The molecule has 26 heavy (non-hydrogen) atoms. The van der Waals surface area contributed by atoms with Gasteiger partial charge in [0.25, 0.3) is 26.0 Å². The van der Waals surface area contributed by atoms with E-state index in [0.29, 0.717) is 0 Å². The van der Waals surface area contributed by atoms with Crippen LogP contribution in [0, 0.1) is 5.82 Å². The number of rotatable bonds is 6. The summed E-state index contributed by atoms with van der Waals surface area (Å²) in [6.45, 7) is 0. The van der Waals surface area contributed by atoms with E-state index in [1.807, 2.05) is 0 Å². The molecule has 13 heteroatoms. The van der Waals surface area contributed by atoms with Crippen LogP contribution in [0.5, 0.6) is 0 Å². The molecule has 3 rings (SSSR count). The van der Waals surface area contributed by atoms with Crippen LogP contribution in [0.2, 0.25) is 0 Å². The van der Waals surface area contributed by atoms with E-state index in [0.717, 1.165) is 12.1 Å². The molecule has 0 bridgehead atoms. The van der Waals surface area contributed by atoms with Gasteiger partial charge in [-0.2, -0.15) is 5.21 Å². The molecule has 0 aliphatic heterocycles. The predicted octanol–water partition coefficient (Wildman–Crippen LogP) is 0.940. The number of halogens is 1. The number of benzene rings is 2. The molecule has 2 aromatic carbocycles. The number of nitrogens with one attached hydrogen (secondary N) is 3. The highest BCUT2D eigenvalue weighted by atomic mass is 32.2. The minimum Gasteiger partial charge on any atom is -0.280 e. The third-order valence-electron chi connectivity index (χ3n) is 3.09. The standard InChI is InChI=1S/C13H11FN6O4S2/c14-9-2-1-3-12(8-9)26(23,24)17-10-4-6-11(7-5-10)25(21,22)18-13-15-19-20-16-13/h1-8,17H,(H2,15,16,18,19,20). The zero-order valence-electron chi connectivity index (χ0n) is 12.8. The van der Waals surface area contributed by atoms with Crippen LogP contribution in [0.3, 0.4) is 0 Å². The summed E-state index contributed by atoms with van der Waals surface area (Å²) in [6.07, 6.45) is 0. The molecule has 0 amide bonds. The molecule has 0 aliphatic rings. The number of tetrazole rings is 1. The van der Waals surface area contributed by atoms with Gasteiger partial charge in [0.15, 0.2) is 0 Å². The van der Waals surface area contributed by atoms with Gasteiger partial charge >= 0.3 is 0 Å². The van der Waals surface area contributed by atoms with Crippen molar-refractivity contribution in [3.05, 3.63) is 54.3 Å². The third-order valence-corrected chi connectivity index (χ3v) is 5.82. The zero-order chi connectivity index (χ0) is 18.8. The van der Waals surface area contributed by atoms with Crippen LogP contribution in [-0.4, -0.2) is 37.5 Å². The summed E-state index contributed by atoms with van der Waals surface area (Å²) >= 11 is 0. The molecule has 0 fully saturated rings. The van der Waals surface area contributed by atoms with Crippen LogP contribution >= 0.6 is 0 Å². The van der Waals surface area contributed by atoms with Gasteiger partial charge in [-0.15, -0.1) is 5.10 Å². The molecular weight excluding hydrogens is 387 g/mol. The Morgan fingerprint density at radius 2 is 1.58 bits per heavy atom. The lowest BCUT2D eigenvalue weighted by Crippen LogP contribution is -2.15. The highest BCUT2D eigenvalue weighted by Gasteiger charge is 2.18. The molecule has 1 aromatic heterocycles. The average molecular weight is 398 g/mol. The lowest BCUT2D eigenvalue weighted by atomic mass is 10.3. The van der Waals surface area contributed by atoms with Crippen molar-refractivity contribution in [2.24, 2.45) is 0 Å². The fraction of sp³-hybridized carbons (Fsp3) is 0. The molecule has 0 saturated carbocycles. The molecule has 10 nitrogen and oxygen atoms in total. The SMILES string of the molecule is O=S(=O)(Nc1ccc(S(=O)(=O)Nc2nn[nH]n2)cc1)c1cccc(F)c1. The highest BCUT2D eigenvalue weighted by molar-refractivity contribution is 7.93. The van der Waals surface area contributed by atoms with E-state index in [1.54, 1.807) is 0 Å². The van der Waals surface area contributed by atoms with Crippen molar-refractivity contribution in [2.75, 3.05) is 9.44 Å². The lowest BCUT2D eigenvalue weighted by molar-refractivity contribution is 0.595. The first-order valence-electron chi connectivity index (χ1n) is 6.91. The molecule has 0 atom stereocenters. The number of aromatic amines is 1. The third kappa shape index (κ3) is 3.94. The van der Waals surface area contributed by atoms with Crippen molar-refractivity contribution < 1.29 is 21.2 Å². The summed E-state index contributed by atoms with van der Waals surface area (Å²) in [5.74, 6) is -0.928. The van der Waals surface area contributed by atoms with Crippen LogP contribution < -0.4 is 9.44 Å². The smallest absolute Gasteiger partial charge is 0.276 e. The molecule has 3 aromatic rings. The molecular formula is C13H11FN6O4S2. The molecule has 0 spiro atoms. The van der Waals surface area contributed by atoms with Gasteiger partial charge in [-0.3, -0.25) is 4.72 Å². The summed E-state index contributed by atoms with van der Waals surface area (Å²) in [5, 5.41) is 12.3. The van der Waals surface area contributed by atoms with Crippen molar-refractivity contribution in [1.29, 1.82) is 0 Å². The van der Waals surface area contributed by atoms with Crippen LogP contribution in [0.4, 0.5) is 16.0 Å². The van der Waals surface area contributed by atoms with Gasteiger partial charge in [-0.1, -0.05) is 11.2 Å². The maximum Gasteiger partial charge on any atom is 0.276 e. The topological polar surface area (TPSA) is 147 Å². The van der Waals surface area contributed by atoms with Gasteiger partial charge < -0.3 is 0 Å². The van der Waals surface area contributed by atoms with Crippen LogP contribution in [0.25, 0.3) is 0 Å². The molecule has 0 aliphatic carbocycles. The average Bonchev–Trinajstić information content (AvgIpc) is 3.07. The fourth-order valence-corrected chi connectivity index (χ4v) is 3.96. The number of aromatic nitrogens is 4. The minimum absolute atomic E-state index is 0.104. The normalized spacial score (nSPS) is 11.9. The molecule has 1 heterocycles. The van der Waals surface area contributed by atoms with Gasteiger partial charge in [-0.25, -0.2) is 25.9 Å². The molecule has 3 N–H and O–H groups in total. The Morgan fingerprint density at radius 3 is 2.19 bits per heavy atom. The van der Waals surface area contributed by atoms with Crippen molar-refractivity contribution >= 4 is 31.7 Å². The second-order valence-corrected chi connectivity index (χ2v) is 8.29. The number of hydrogen-bond acceptors (Lipinski definition) is 7. The Labute approximate surface area is 147 Å². The Morgan fingerprint density at radius 1 is 0.885 bits per heavy atom. The number of sulfonamides is 2. The minimum atomic E-state index is -4.01. The van der Waals surface area contributed by atoms with E-state index >= 15 is 0 Å². The van der Waals surface area contributed by atoms with Gasteiger partial charge in [0.05, 0.1) is 9.79 Å². The number of hydrogen-bond donors (Lipinski definition) is 3. The van der Waals surface area contributed by atoms with E-state index < -0.39 is 25.9 Å². The highest BCUT2D eigenvalue weighted by Crippen LogP contribution is 2.20. The van der Waals surface area contributed by atoms with Crippen molar-refractivity contribution in [3.63, 3.8) is 0 Å². The Bertz CT molecular complexity index is 1120. The lowest BCUT2D eigenvalue weighted by Gasteiger charge is -2.09. The van der Waals surface area contributed by atoms with E-state index in [9.17, 15) is 21.2 Å². The van der Waals surface area contributed by atoms with Crippen LogP contribution in [0.15, 0.2) is 58.3 Å². The summed E-state index contributed by atoms with van der Waals surface area (Å²) < 4.78 is 66.2. The van der Waals surface area contributed by atoms with E-state index in [-0.39, 0.29) is 21.4 Å². The Hall–Kier alpha value is -3.06. The molecule has 136 valence electrons. The monoisotopic (exact) mass is 398 g/mol. The maximum absolute atomic E-state index is 13.2. The van der Waals surface area contributed by atoms with E-state index in [4.69, 9.17) is 0 Å². The first-order valence-corrected chi connectivity index (χ1v) is 9.88. The quantitative estimate of drug-likeness (QED) is 0.560. The second kappa shape index (κ2) is 6.68. The largest absolute Gasteiger partial charge is 0.280 e. The molecule has 0 radical (unpaired) electrons. The Kier molecular flexibility index (Phi) is 4.56. The summed E-state index contributed by atoms with van der Waals surface area (Å²) in [7, 11) is -7.98. The van der Waals surface area contributed by atoms with Gasteiger partial charge in [0.2, 0.25) is 0 Å². The summed E-state index contributed by atoms with van der Waals surface area (Å²) in [4.78, 5) is -0.399. The number of H-pyrrole nitrogens is 1. The maximum atomic E-state index is 13.2. The van der Waals surface area contributed by atoms with E-state index in [2.05, 4.69) is 30.1 Å². The van der Waals surface area contributed by atoms with Crippen LogP contribution in [0.1, 0.15) is 0 Å². The number of nitrogens with zero attached hydrogens (tertiary/aromatic N) is 3. The summed E-state index contributed by atoms with van der Waals surface area (Å²) in [5.41, 5.74) is 0.104. The predicted molar refractivity (Wildman–Crippen MR) is 88.6 cm³/mol. The first kappa shape index (κ1) is 17.8. The van der Waals surface area contributed by atoms with Crippen LogP contribution in [-0.2, 0) is 20.0 Å². The first-order chi connectivity index (χ1) is 12.3. The van der Waals surface area contributed by atoms with E-state index in [1.165, 1.54) is 36.4 Å². The zero-order valence-corrected chi connectivity index (χ0v) is 14.4.